The molecular formula is C21H24N2O2. The van der Waals surface area contributed by atoms with Crippen molar-refractivity contribution in [3.05, 3.63) is 59.8 Å². The number of anilines is 1. The van der Waals surface area contributed by atoms with Gasteiger partial charge in [-0.1, -0.05) is 32.0 Å². The summed E-state index contributed by atoms with van der Waals surface area (Å²) < 4.78 is 10.6. The third-order valence-electron chi connectivity index (χ3n) is 4.77. The minimum Gasteiger partial charge on any atom is -0.497 e. The molecule has 1 aliphatic rings. The summed E-state index contributed by atoms with van der Waals surface area (Å²) in [7, 11) is 5.37. The molecule has 0 fully saturated rings. The fraction of sp³-hybridized carbons (Fsp3) is 0.286. The van der Waals surface area contributed by atoms with Crippen molar-refractivity contribution in [2.75, 3.05) is 26.2 Å². The van der Waals surface area contributed by atoms with Crippen LogP contribution in [-0.4, -0.2) is 27.5 Å². The number of para-hydroxylation sites is 1. The zero-order valence-corrected chi connectivity index (χ0v) is 15.4. The maximum Gasteiger partial charge on any atom is 0.148 e. The smallest absolute Gasteiger partial charge is 0.148 e. The largest absolute Gasteiger partial charge is 0.497 e. The summed E-state index contributed by atoms with van der Waals surface area (Å²) in [6.45, 7) is 4.48. The Morgan fingerprint density at radius 3 is 2.48 bits per heavy atom. The number of rotatable bonds is 4. The summed E-state index contributed by atoms with van der Waals surface area (Å²) in [6.07, 6.45) is 3.91. The van der Waals surface area contributed by atoms with E-state index in [1.807, 2.05) is 24.4 Å². The Bertz CT molecular complexity index is 838. The predicted octanol–water partition coefficient (Wildman–Crippen LogP) is 4.72. The van der Waals surface area contributed by atoms with Gasteiger partial charge in [-0.3, -0.25) is 4.99 Å². The van der Waals surface area contributed by atoms with E-state index in [9.17, 15) is 0 Å². The Morgan fingerprint density at radius 2 is 1.80 bits per heavy atom. The predicted molar refractivity (Wildman–Crippen MR) is 104 cm³/mol. The molecule has 130 valence electrons. The van der Waals surface area contributed by atoms with Gasteiger partial charge in [0.15, 0.2) is 0 Å². The fourth-order valence-corrected chi connectivity index (χ4v) is 3.38. The fourth-order valence-electron chi connectivity index (χ4n) is 3.38. The molecule has 25 heavy (non-hydrogen) atoms. The lowest BCUT2D eigenvalue weighted by molar-refractivity contribution is 0.395. The zero-order valence-electron chi connectivity index (χ0n) is 15.4. The van der Waals surface area contributed by atoms with Gasteiger partial charge in [0.1, 0.15) is 17.2 Å². The molecule has 0 bridgehead atoms. The summed E-state index contributed by atoms with van der Waals surface area (Å²) in [5.41, 5.74) is 4.51. The van der Waals surface area contributed by atoms with E-state index >= 15 is 0 Å². The highest BCUT2D eigenvalue weighted by Crippen LogP contribution is 2.46. The van der Waals surface area contributed by atoms with Crippen LogP contribution in [0.5, 0.6) is 11.5 Å². The first-order valence-corrected chi connectivity index (χ1v) is 8.29. The molecule has 0 atom stereocenters. The first-order chi connectivity index (χ1) is 12.0. The van der Waals surface area contributed by atoms with Crippen LogP contribution < -0.4 is 14.4 Å². The number of hydrogen-bond donors (Lipinski definition) is 0. The summed E-state index contributed by atoms with van der Waals surface area (Å²) >= 11 is 0. The molecule has 0 saturated carbocycles. The lowest BCUT2D eigenvalue weighted by Gasteiger charge is -2.23. The van der Waals surface area contributed by atoms with Gasteiger partial charge in [-0.25, -0.2) is 0 Å². The number of aliphatic imine (C=N–C) groups is 1. The molecule has 2 aromatic rings. The second-order valence-electron chi connectivity index (χ2n) is 6.57. The summed E-state index contributed by atoms with van der Waals surface area (Å²) in [4.78, 5) is 6.80. The molecular weight excluding hydrogens is 312 g/mol. The summed E-state index contributed by atoms with van der Waals surface area (Å²) in [5, 5.41) is 0. The number of ether oxygens (including phenoxy) is 2. The first-order valence-electron chi connectivity index (χ1n) is 8.29. The van der Waals surface area contributed by atoms with E-state index in [1.54, 1.807) is 14.2 Å². The van der Waals surface area contributed by atoms with Gasteiger partial charge in [-0.2, -0.15) is 0 Å². The van der Waals surface area contributed by atoms with Gasteiger partial charge in [0.2, 0.25) is 0 Å². The van der Waals surface area contributed by atoms with Crippen molar-refractivity contribution in [1.82, 2.24) is 0 Å². The van der Waals surface area contributed by atoms with Crippen molar-refractivity contribution in [2.45, 2.75) is 19.3 Å². The third-order valence-corrected chi connectivity index (χ3v) is 4.77. The first kappa shape index (κ1) is 17.1. The zero-order chi connectivity index (χ0) is 18.0. The van der Waals surface area contributed by atoms with Gasteiger partial charge < -0.3 is 14.4 Å². The van der Waals surface area contributed by atoms with Crippen LogP contribution in [0.2, 0.25) is 0 Å². The highest BCUT2D eigenvalue weighted by atomic mass is 16.5. The van der Waals surface area contributed by atoms with Crippen LogP contribution in [0.15, 0.2) is 59.2 Å². The van der Waals surface area contributed by atoms with Gasteiger partial charge in [-0.15, -0.1) is 0 Å². The van der Waals surface area contributed by atoms with Crippen molar-refractivity contribution >= 4 is 17.6 Å². The Labute approximate surface area is 149 Å². The number of hydrogen-bond acceptors (Lipinski definition) is 4. The minimum atomic E-state index is -0.0542. The third kappa shape index (κ3) is 3.00. The standard InChI is InChI=1S/C21H24N2O2/c1-21(2)16-8-6-7-9-18(16)23(3)20(21)12-13-22-17-11-10-15(24-4)14-19(17)25-5/h6-14H,1-5H3/b20-12+,22-13?. The van der Waals surface area contributed by atoms with E-state index in [1.165, 1.54) is 16.9 Å². The number of benzene rings is 2. The maximum absolute atomic E-state index is 5.40. The normalized spacial score (nSPS) is 17.2. The van der Waals surface area contributed by atoms with Crippen LogP contribution in [-0.2, 0) is 5.41 Å². The van der Waals surface area contributed by atoms with Gasteiger partial charge in [-0.05, 0) is 29.8 Å². The second-order valence-corrected chi connectivity index (χ2v) is 6.57. The number of methoxy groups -OCH3 is 2. The second kappa shape index (κ2) is 6.63. The molecule has 4 nitrogen and oxygen atoms in total. The van der Waals surface area contributed by atoms with Gasteiger partial charge >= 0.3 is 0 Å². The van der Waals surface area contributed by atoms with Gasteiger partial charge in [0.25, 0.3) is 0 Å². The van der Waals surface area contributed by atoms with Crippen LogP contribution in [0.3, 0.4) is 0 Å². The molecule has 2 aromatic carbocycles. The van der Waals surface area contributed by atoms with Crippen LogP contribution in [0.1, 0.15) is 19.4 Å². The maximum atomic E-state index is 5.40. The lowest BCUT2D eigenvalue weighted by Crippen LogP contribution is -2.23. The van der Waals surface area contributed by atoms with E-state index < -0.39 is 0 Å². The Morgan fingerprint density at radius 1 is 1.04 bits per heavy atom. The molecule has 0 amide bonds. The molecule has 1 aliphatic heterocycles. The minimum absolute atomic E-state index is 0.0542. The quantitative estimate of drug-likeness (QED) is 0.758. The van der Waals surface area contributed by atoms with Crippen molar-refractivity contribution in [1.29, 1.82) is 0 Å². The van der Waals surface area contributed by atoms with E-state index in [4.69, 9.17) is 9.47 Å². The van der Waals surface area contributed by atoms with Crippen LogP contribution in [0.25, 0.3) is 0 Å². The SMILES string of the molecule is COc1ccc(N=C/C=C2/N(C)c3ccccc3C2(C)C)c(OC)c1. The van der Waals surface area contributed by atoms with Gasteiger partial charge in [0.05, 0.1) is 14.2 Å². The average Bonchev–Trinajstić information content (AvgIpc) is 2.82. The van der Waals surface area contributed by atoms with Gasteiger partial charge in [0, 0.05) is 36.1 Å². The number of fused-ring (bicyclic) bond motifs is 1. The summed E-state index contributed by atoms with van der Waals surface area (Å²) in [6, 6.07) is 14.1. The number of likely N-dealkylation sites (N-methyl/N-ethyl adjacent to an activating group) is 1. The highest BCUT2D eigenvalue weighted by Gasteiger charge is 2.37. The van der Waals surface area contributed by atoms with Crippen LogP contribution >= 0.6 is 0 Å². The Hall–Kier alpha value is -2.75. The molecule has 0 saturated heterocycles. The topological polar surface area (TPSA) is 34.1 Å². The van der Waals surface area contributed by atoms with Crippen molar-refractivity contribution in [2.24, 2.45) is 4.99 Å². The van der Waals surface area contributed by atoms with Crippen LogP contribution in [0.4, 0.5) is 11.4 Å². The average molecular weight is 336 g/mol. The lowest BCUT2D eigenvalue weighted by atomic mass is 9.84. The molecule has 3 rings (SSSR count). The number of allylic oxidation sites excluding steroid dienone is 2. The van der Waals surface area contributed by atoms with E-state index in [-0.39, 0.29) is 5.41 Å². The molecule has 0 aromatic heterocycles. The monoisotopic (exact) mass is 336 g/mol. The van der Waals surface area contributed by atoms with E-state index in [0.717, 1.165) is 11.4 Å². The molecule has 0 N–H and O–H groups in total. The number of nitrogens with zero attached hydrogens (tertiary/aromatic N) is 2. The highest BCUT2D eigenvalue weighted by molar-refractivity contribution is 5.81. The van der Waals surface area contributed by atoms with Crippen molar-refractivity contribution in [3.8, 4) is 11.5 Å². The molecule has 4 heteroatoms. The molecule has 0 aliphatic carbocycles. The van der Waals surface area contributed by atoms with Crippen LogP contribution in [0, 0.1) is 0 Å². The molecule has 0 unspecified atom stereocenters. The van der Waals surface area contributed by atoms with E-state index in [0.29, 0.717) is 5.75 Å². The van der Waals surface area contributed by atoms with Crippen molar-refractivity contribution in [3.63, 3.8) is 0 Å². The molecule has 0 spiro atoms. The Kier molecular flexibility index (Phi) is 4.53. The van der Waals surface area contributed by atoms with E-state index in [2.05, 4.69) is 61.1 Å². The Balaban J connectivity index is 1.91. The van der Waals surface area contributed by atoms with Crippen molar-refractivity contribution < 1.29 is 9.47 Å². The molecule has 1 heterocycles. The summed E-state index contributed by atoms with van der Waals surface area (Å²) in [5.74, 6) is 1.44. The molecule has 0 radical (unpaired) electrons.